The predicted octanol–water partition coefficient (Wildman–Crippen LogP) is 4.31. The summed E-state index contributed by atoms with van der Waals surface area (Å²) in [6.45, 7) is 12.7. The van der Waals surface area contributed by atoms with Crippen molar-refractivity contribution in [2.24, 2.45) is 0 Å². The molecule has 3 nitrogen and oxygen atoms in total. The average Bonchev–Trinajstić information content (AvgIpc) is 2.72. The lowest BCUT2D eigenvalue weighted by molar-refractivity contribution is 0.333. The second-order valence-electron chi connectivity index (χ2n) is 5.69. The summed E-state index contributed by atoms with van der Waals surface area (Å²) >= 11 is 0. The summed E-state index contributed by atoms with van der Waals surface area (Å²) in [5.41, 5.74) is 4.65. The Morgan fingerprint density at radius 3 is 2.55 bits per heavy atom. The zero-order valence-corrected chi connectivity index (χ0v) is 13.2. The van der Waals surface area contributed by atoms with Gasteiger partial charge in [0.15, 0.2) is 5.69 Å². The quantitative estimate of drug-likeness (QED) is 0.608. The molecule has 1 aliphatic heterocycles. The van der Waals surface area contributed by atoms with Gasteiger partial charge in [0.2, 0.25) is 0 Å². The lowest BCUT2D eigenvalue weighted by Crippen LogP contribution is -2.24. The highest BCUT2D eigenvalue weighted by Gasteiger charge is 2.24. The maximum absolute atomic E-state index is 8.03. The Labute approximate surface area is 134 Å². The van der Waals surface area contributed by atoms with Crippen LogP contribution in [0.1, 0.15) is 25.0 Å². The first kappa shape index (κ1) is 12.3. The zero-order chi connectivity index (χ0) is 17.6. The van der Waals surface area contributed by atoms with Crippen molar-refractivity contribution in [3.8, 4) is 11.5 Å². The van der Waals surface area contributed by atoms with Crippen LogP contribution in [0.3, 0.4) is 0 Å². The molecule has 0 saturated heterocycles. The van der Waals surface area contributed by atoms with E-state index in [1.54, 1.807) is 6.07 Å². The van der Waals surface area contributed by atoms with Crippen molar-refractivity contribution >= 4 is 18.1 Å². The first-order chi connectivity index (χ1) is 11.2. The Balaban J connectivity index is 2.04. The lowest BCUT2D eigenvalue weighted by Gasteiger charge is -2.14. The third kappa shape index (κ3) is 2.49. The van der Waals surface area contributed by atoms with Gasteiger partial charge in [0.1, 0.15) is 11.5 Å². The van der Waals surface area contributed by atoms with Gasteiger partial charge < -0.3 is 9.39 Å². The van der Waals surface area contributed by atoms with E-state index in [0.717, 1.165) is 22.2 Å². The topological polar surface area (TPSA) is 22.8 Å². The number of benzene rings is 2. The van der Waals surface area contributed by atoms with E-state index < -0.39 is 6.56 Å². The molecule has 22 heavy (non-hydrogen) atoms. The van der Waals surface area contributed by atoms with E-state index in [0.29, 0.717) is 22.7 Å². The molecule has 0 radical (unpaired) electrons. The van der Waals surface area contributed by atoms with Crippen molar-refractivity contribution in [3.05, 3.63) is 57.9 Å². The van der Waals surface area contributed by atoms with E-state index in [2.05, 4.69) is 4.85 Å². The molecule has 110 valence electrons. The zero-order valence-electron chi connectivity index (χ0n) is 15.2. The maximum atomic E-state index is 8.03. The molecule has 0 aromatic heterocycles. The fourth-order valence-electron chi connectivity index (χ4n) is 2.58. The van der Waals surface area contributed by atoms with Crippen LogP contribution in [0, 0.1) is 27.3 Å². The Hall–Kier alpha value is -2.25. The maximum Gasteiger partial charge on any atom is 0.324 e. The molecule has 2 aromatic carbocycles. The lowest BCUT2D eigenvalue weighted by atomic mass is 9.64. The SMILES string of the molecule is [2H]C1([2H])OB(C)c2cc(C)c(Oc3cc(C)c([N+]#[C-])cc3C)cc21. The van der Waals surface area contributed by atoms with Crippen LogP contribution in [0.15, 0.2) is 24.3 Å². The van der Waals surface area contributed by atoms with Crippen LogP contribution in [-0.4, -0.2) is 6.92 Å². The van der Waals surface area contributed by atoms with Gasteiger partial charge in [-0.25, -0.2) is 4.85 Å². The largest absolute Gasteiger partial charge is 0.457 e. The Morgan fingerprint density at radius 2 is 1.82 bits per heavy atom. The molecule has 0 atom stereocenters. The third-order valence-corrected chi connectivity index (χ3v) is 3.96. The Bertz CT molecular complexity index is 874. The van der Waals surface area contributed by atoms with Gasteiger partial charge in [-0.2, -0.15) is 0 Å². The van der Waals surface area contributed by atoms with Gasteiger partial charge in [-0.05, 0) is 66.7 Å². The summed E-state index contributed by atoms with van der Waals surface area (Å²) in [6.07, 6.45) is 0. The highest BCUT2D eigenvalue weighted by Crippen LogP contribution is 2.33. The minimum absolute atomic E-state index is 0.273. The molecule has 2 aromatic rings. The second-order valence-corrected chi connectivity index (χ2v) is 5.69. The second kappa shape index (κ2) is 5.51. The predicted molar refractivity (Wildman–Crippen MR) is 89.5 cm³/mol. The summed E-state index contributed by atoms with van der Waals surface area (Å²) in [5, 5.41) is 0. The molecule has 0 bridgehead atoms. The van der Waals surface area contributed by atoms with Gasteiger partial charge in [-0.1, -0.05) is 12.9 Å². The molecule has 0 spiro atoms. The highest BCUT2D eigenvalue weighted by atomic mass is 16.5. The van der Waals surface area contributed by atoms with Crippen LogP contribution in [0.2, 0.25) is 6.82 Å². The Morgan fingerprint density at radius 1 is 1.14 bits per heavy atom. The van der Waals surface area contributed by atoms with Crippen LogP contribution >= 0.6 is 0 Å². The van der Waals surface area contributed by atoms with E-state index in [-0.39, 0.29) is 6.92 Å². The number of hydrogen-bond donors (Lipinski definition) is 0. The molecule has 0 amide bonds. The Kier molecular flexibility index (Phi) is 3.08. The molecule has 0 unspecified atom stereocenters. The van der Waals surface area contributed by atoms with E-state index in [1.807, 2.05) is 45.8 Å². The number of ether oxygens (including phenoxy) is 1. The van der Waals surface area contributed by atoms with E-state index in [1.165, 1.54) is 0 Å². The first-order valence-electron chi connectivity index (χ1n) is 8.22. The van der Waals surface area contributed by atoms with E-state index in [4.69, 9.17) is 18.7 Å². The normalized spacial score (nSPS) is 16.6. The number of aryl methyl sites for hydroxylation is 3. The van der Waals surface area contributed by atoms with Crippen molar-refractivity contribution in [1.29, 1.82) is 0 Å². The molecule has 3 rings (SSSR count). The number of nitrogens with zero attached hydrogens (tertiary/aromatic N) is 1. The fourth-order valence-corrected chi connectivity index (χ4v) is 2.58. The van der Waals surface area contributed by atoms with Gasteiger partial charge in [0, 0.05) is 0 Å². The summed E-state index contributed by atoms with van der Waals surface area (Å²) in [5.74, 6) is 1.28. The van der Waals surface area contributed by atoms with Crippen LogP contribution in [0.25, 0.3) is 4.85 Å². The molecular formula is C18H18BNO2. The summed E-state index contributed by atoms with van der Waals surface area (Å²) in [6, 6.07) is 7.32. The van der Waals surface area contributed by atoms with Crippen LogP contribution in [0.4, 0.5) is 5.69 Å². The van der Waals surface area contributed by atoms with Crippen LogP contribution in [-0.2, 0) is 11.2 Å². The standard InChI is InChI=1S/C18H18BNO2/c1-11-8-17(13(3)7-16(11)20-5)22-18-9-14-10-21-19(4)15(14)6-12(18)2/h6-9H,10H2,1-4H3/i10D2. The first-order valence-corrected chi connectivity index (χ1v) is 7.22. The highest BCUT2D eigenvalue weighted by molar-refractivity contribution is 6.67. The van der Waals surface area contributed by atoms with Gasteiger partial charge in [-0.15, -0.1) is 0 Å². The van der Waals surface area contributed by atoms with E-state index >= 15 is 0 Å². The molecule has 0 saturated carbocycles. The smallest absolute Gasteiger partial charge is 0.324 e. The summed E-state index contributed by atoms with van der Waals surface area (Å²) in [7, 11) is 0. The van der Waals surface area contributed by atoms with Gasteiger partial charge in [0.05, 0.1) is 15.9 Å². The number of rotatable bonds is 2. The fraction of sp³-hybridized carbons (Fsp3) is 0.278. The molecule has 0 fully saturated rings. The molecular weight excluding hydrogens is 273 g/mol. The number of hydrogen-bond acceptors (Lipinski definition) is 2. The molecule has 1 aliphatic rings. The molecule has 4 heteroatoms. The van der Waals surface area contributed by atoms with E-state index in [9.17, 15) is 0 Å². The third-order valence-electron chi connectivity index (χ3n) is 3.96. The molecule has 0 aliphatic carbocycles. The van der Waals surface area contributed by atoms with Gasteiger partial charge >= 0.3 is 6.92 Å². The summed E-state index contributed by atoms with van der Waals surface area (Å²) < 4.78 is 27.5. The van der Waals surface area contributed by atoms with Crippen molar-refractivity contribution in [3.63, 3.8) is 0 Å². The minimum atomic E-state index is -1.81. The number of fused-ring (bicyclic) bond motifs is 1. The summed E-state index contributed by atoms with van der Waals surface area (Å²) in [4.78, 5) is 3.50. The van der Waals surface area contributed by atoms with Gasteiger partial charge in [-0.3, -0.25) is 0 Å². The van der Waals surface area contributed by atoms with Crippen molar-refractivity contribution in [2.75, 3.05) is 0 Å². The van der Waals surface area contributed by atoms with Crippen molar-refractivity contribution in [1.82, 2.24) is 0 Å². The van der Waals surface area contributed by atoms with Crippen molar-refractivity contribution < 1.29 is 12.1 Å². The molecule has 0 N–H and O–H groups in total. The average molecular weight is 293 g/mol. The molecule has 1 heterocycles. The van der Waals surface area contributed by atoms with Crippen LogP contribution in [0.5, 0.6) is 11.5 Å². The van der Waals surface area contributed by atoms with Crippen molar-refractivity contribution in [2.45, 2.75) is 34.2 Å². The van der Waals surface area contributed by atoms with Crippen LogP contribution < -0.4 is 10.2 Å². The minimum Gasteiger partial charge on any atom is -0.457 e. The monoisotopic (exact) mass is 293 g/mol. The van der Waals surface area contributed by atoms with Gasteiger partial charge in [0.25, 0.3) is 0 Å².